The standard InChI is InChI=1S/C10H13N5/c1-3-11-10-5-4-8(13-14-10)9-6-7-12-15(9)2/h4-7H,3H2,1-2H3,(H,11,14). The van der Waals surface area contributed by atoms with E-state index in [9.17, 15) is 0 Å². The Kier molecular flexibility index (Phi) is 2.62. The van der Waals surface area contributed by atoms with E-state index in [4.69, 9.17) is 0 Å². The van der Waals surface area contributed by atoms with Crippen LogP contribution in [0.4, 0.5) is 5.82 Å². The van der Waals surface area contributed by atoms with E-state index >= 15 is 0 Å². The van der Waals surface area contributed by atoms with E-state index in [0.717, 1.165) is 23.8 Å². The number of nitrogens with zero attached hydrogens (tertiary/aromatic N) is 4. The van der Waals surface area contributed by atoms with Gasteiger partial charge in [-0.05, 0) is 25.1 Å². The van der Waals surface area contributed by atoms with Crippen molar-refractivity contribution in [1.82, 2.24) is 20.0 Å². The molecule has 0 radical (unpaired) electrons. The van der Waals surface area contributed by atoms with Crippen LogP contribution in [0.15, 0.2) is 24.4 Å². The third-order valence-corrected chi connectivity index (χ3v) is 2.11. The van der Waals surface area contributed by atoms with Gasteiger partial charge in [0.25, 0.3) is 0 Å². The van der Waals surface area contributed by atoms with Crippen molar-refractivity contribution in [3.8, 4) is 11.4 Å². The molecule has 0 saturated carbocycles. The van der Waals surface area contributed by atoms with Crippen LogP contribution >= 0.6 is 0 Å². The highest BCUT2D eigenvalue weighted by Gasteiger charge is 2.04. The maximum atomic E-state index is 4.13. The van der Waals surface area contributed by atoms with Crippen LogP contribution in [0.2, 0.25) is 0 Å². The van der Waals surface area contributed by atoms with Gasteiger partial charge in [0.15, 0.2) is 0 Å². The van der Waals surface area contributed by atoms with Crippen molar-refractivity contribution < 1.29 is 0 Å². The van der Waals surface area contributed by atoms with Gasteiger partial charge in [0.2, 0.25) is 0 Å². The van der Waals surface area contributed by atoms with E-state index in [-0.39, 0.29) is 0 Å². The molecule has 0 amide bonds. The number of rotatable bonds is 3. The van der Waals surface area contributed by atoms with Crippen molar-refractivity contribution >= 4 is 5.82 Å². The fourth-order valence-corrected chi connectivity index (χ4v) is 1.37. The molecule has 0 unspecified atom stereocenters. The fourth-order valence-electron chi connectivity index (χ4n) is 1.37. The number of anilines is 1. The molecule has 2 aromatic rings. The lowest BCUT2D eigenvalue weighted by atomic mass is 10.3. The molecule has 0 aliphatic rings. The smallest absolute Gasteiger partial charge is 0.148 e. The zero-order chi connectivity index (χ0) is 10.7. The van der Waals surface area contributed by atoms with E-state index < -0.39 is 0 Å². The van der Waals surface area contributed by atoms with Gasteiger partial charge in [0.05, 0.1) is 5.69 Å². The second-order valence-corrected chi connectivity index (χ2v) is 3.17. The van der Waals surface area contributed by atoms with Crippen molar-refractivity contribution in [1.29, 1.82) is 0 Å². The first-order valence-electron chi connectivity index (χ1n) is 4.87. The second-order valence-electron chi connectivity index (χ2n) is 3.17. The number of aromatic nitrogens is 4. The van der Waals surface area contributed by atoms with Crippen molar-refractivity contribution in [2.24, 2.45) is 7.05 Å². The van der Waals surface area contributed by atoms with Crippen LogP contribution < -0.4 is 5.32 Å². The molecule has 0 spiro atoms. The van der Waals surface area contributed by atoms with Gasteiger partial charge in [-0.2, -0.15) is 5.10 Å². The summed E-state index contributed by atoms with van der Waals surface area (Å²) in [6, 6.07) is 5.76. The van der Waals surface area contributed by atoms with Crippen LogP contribution in [0.25, 0.3) is 11.4 Å². The minimum atomic E-state index is 0.795. The van der Waals surface area contributed by atoms with Crippen molar-refractivity contribution in [3.05, 3.63) is 24.4 Å². The lowest BCUT2D eigenvalue weighted by Crippen LogP contribution is -2.02. The molecule has 2 aromatic heterocycles. The Morgan fingerprint density at radius 1 is 1.27 bits per heavy atom. The molecule has 15 heavy (non-hydrogen) atoms. The maximum Gasteiger partial charge on any atom is 0.148 e. The minimum absolute atomic E-state index is 0.795. The molecule has 0 aliphatic heterocycles. The molecule has 78 valence electrons. The van der Waals surface area contributed by atoms with Crippen molar-refractivity contribution in [3.63, 3.8) is 0 Å². The van der Waals surface area contributed by atoms with E-state index in [0.29, 0.717) is 0 Å². The first kappa shape index (κ1) is 9.64. The van der Waals surface area contributed by atoms with Crippen LogP contribution in [0.3, 0.4) is 0 Å². The molecule has 0 aliphatic carbocycles. The summed E-state index contributed by atoms with van der Waals surface area (Å²) >= 11 is 0. The summed E-state index contributed by atoms with van der Waals surface area (Å²) in [5.74, 6) is 0.795. The first-order valence-corrected chi connectivity index (χ1v) is 4.87. The molecule has 0 fully saturated rings. The number of hydrogen-bond acceptors (Lipinski definition) is 4. The van der Waals surface area contributed by atoms with Gasteiger partial charge in [-0.15, -0.1) is 10.2 Å². The molecule has 2 rings (SSSR count). The summed E-state index contributed by atoms with van der Waals surface area (Å²) in [6.45, 7) is 2.87. The Balaban J connectivity index is 2.28. The third-order valence-electron chi connectivity index (χ3n) is 2.11. The highest BCUT2D eigenvalue weighted by molar-refractivity contribution is 5.54. The first-order chi connectivity index (χ1) is 7.31. The van der Waals surface area contributed by atoms with Crippen LogP contribution in [0, 0.1) is 0 Å². The predicted molar refractivity (Wildman–Crippen MR) is 58.4 cm³/mol. The van der Waals surface area contributed by atoms with Gasteiger partial charge in [0, 0.05) is 19.8 Å². The van der Waals surface area contributed by atoms with E-state index in [2.05, 4.69) is 20.6 Å². The summed E-state index contributed by atoms with van der Waals surface area (Å²) in [7, 11) is 1.88. The lowest BCUT2D eigenvalue weighted by Gasteiger charge is -2.03. The number of nitrogens with one attached hydrogen (secondary N) is 1. The van der Waals surface area contributed by atoms with Crippen LogP contribution in [-0.4, -0.2) is 26.5 Å². The highest BCUT2D eigenvalue weighted by Crippen LogP contribution is 2.15. The molecule has 5 nitrogen and oxygen atoms in total. The van der Waals surface area contributed by atoms with Crippen LogP contribution in [0.1, 0.15) is 6.92 Å². The van der Waals surface area contributed by atoms with E-state index in [1.807, 2.05) is 32.2 Å². The molecule has 0 atom stereocenters. The quantitative estimate of drug-likeness (QED) is 0.817. The molecular formula is C10H13N5. The second kappa shape index (κ2) is 4.08. The average Bonchev–Trinajstić information content (AvgIpc) is 2.66. The van der Waals surface area contributed by atoms with Gasteiger partial charge in [0.1, 0.15) is 11.5 Å². The molecule has 1 N–H and O–H groups in total. The minimum Gasteiger partial charge on any atom is -0.369 e. The number of aryl methyl sites for hydroxylation is 1. The third kappa shape index (κ3) is 1.96. The maximum absolute atomic E-state index is 4.13. The summed E-state index contributed by atoms with van der Waals surface area (Å²) < 4.78 is 1.77. The van der Waals surface area contributed by atoms with Gasteiger partial charge in [-0.3, -0.25) is 4.68 Å². The summed E-state index contributed by atoms with van der Waals surface area (Å²) in [6.07, 6.45) is 1.75. The average molecular weight is 203 g/mol. The van der Waals surface area contributed by atoms with Gasteiger partial charge in [-0.1, -0.05) is 0 Å². The summed E-state index contributed by atoms with van der Waals surface area (Å²) in [5.41, 5.74) is 1.79. The zero-order valence-electron chi connectivity index (χ0n) is 8.81. The molecule has 0 bridgehead atoms. The predicted octanol–water partition coefficient (Wildman–Crippen LogP) is 1.31. The normalized spacial score (nSPS) is 10.3. The molecule has 5 heteroatoms. The van der Waals surface area contributed by atoms with Gasteiger partial charge < -0.3 is 5.32 Å². The Hall–Kier alpha value is -1.91. The SMILES string of the molecule is CCNc1ccc(-c2ccnn2C)nn1. The van der Waals surface area contributed by atoms with Crippen LogP contribution in [-0.2, 0) is 7.05 Å². The Bertz CT molecular complexity index is 431. The number of hydrogen-bond donors (Lipinski definition) is 1. The Morgan fingerprint density at radius 3 is 2.67 bits per heavy atom. The Labute approximate surface area is 88.1 Å². The topological polar surface area (TPSA) is 55.6 Å². The summed E-state index contributed by atoms with van der Waals surface area (Å²) in [4.78, 5) is 0. The van der Waals surface area contributed by atoms with Gasteiger partial charge >= 0.3 is 0 Å². The lowest BCUT2D eigenvalue weighted by molar-refractivity contribution is 0.771. The van der Waals surface area contributed by atoms with Crippen LogP contribution in [0.5, 0.6) is 0 Å². The highest BCUT2D eigenvalue weighted by atomic mass is 15.3. The van der Waals surface area contributed by atoms with E-state index in [1.165, 1.54) is 0 Å². The molecule has 0 saturated heterocycles. The zero-order valence-corrected chi connectivity index (χ0v) is 8.81. The van der Waals surface area contributed by atoms with Gasteiger partial charge in [-0.25, -0.2) is 0 Å². The largest absolute Gasteiger partial charge is 0.369 e. The monoisotopic (exact) mass is 203 g/mol. The summed E-state index contributed by atoms with van der Waals surface area (Å²) in [5, 5.41) is 15.4. The fraction of sp³-hybridized carbons (Fsp3) is 0.300. The molecule has 0 aromatic carbocycles. The van der Waals surface area contributed by atoms with E-state index in [1.54, 1.807) is 10.9 Å². The van der Waals surface area contributed by atoms with Crippen molar-refractivity contribution in [2.45, 2.75) is 6.92 Å². The molecular weight excluding hydrogens is 190 g/mol. The Morgan fingerprint density at radius 2 is 2.13 bits per heavy atom. The van der Waals surface area contributed by atoms with Crippen molar-refractivity contribution in [2.75, 3.05) is 11.9 Å². The molecule has 2 heterocycles.